The molecule has 0 atom stereocenters. The molecule has 0 spiro atoms. The molecule has 2 heterocycles. The largest absolute Gasteiger partial charge is 0.359 e. The number of hydrogen-bond acceptors (Lipinski definition) is 2. The Morgan fingerprint density at radius 1 is 1.25 bits per heavy atom. The zero-order valence-corrected chi connectivity index (χ0v) is 10.0. The van der Waals surface area contributed by atoms with E-state index < -0.39 is 0 Å². The van der Waals surface area contributed by atoms with E-state index in [-0.39, 0.29) is 0 Å². The van der Waals surface area contributed by atoms with Gasteiger partial charge in [0.05, 0.1) is 12.7 Å². The maximum absolute atomic E-state index is 5.10. The van der Waals surface area contributed by atoms with E-state index in [4.69, 9.17) is 4.52 Å². The molecule has 0 amide bonds. The molecular weight excluding hydrogens is 268 g/mol. The van der Waals surface area contributed by atoms with Gasteiger partial charge in [0.2, 0.25) is 0 Å². The van der Waals surface area contributed by atoms with E-state index in [2.05, 4.69) is 50.0 Å². The predicted octanol–water partition coefficient (Wildman–Crippen LogP) is 3.44. The van der Waals surface area contributed by atoms with Crippen molar-refractivity contribution >= 4 is 26.8 Å². The van der Waals surface area contributed by atoms with E-state index in [0.29, 0.717) is 6.54 Å². The Morgan fingerprint density at radius 2 is 2.19 bits per heavy atom. The third-order valence-corrected chi connectivity index (χ3v) is 3.04. The summed E-state index contributed by atoms with van der Waals surface area (Å²) in [7, 11) is 0. The number of aromatic nitrogens is 2. The molecule has 0 saturated heterocycles. The second-order valence-corrected chi connectivity index (χ2v) is 4.54. The topological polar surface area (TPSA) is 31.0 Å². The lowest BCUT2D eigenvalue weighted by atomic mass is 10.2. The first kappa shape index (κ1) is 9.66. The van der Waals surface area contributed by atoms with Gasteiger partial charge in [-0.2, -0.15) is 0 Å². The van der Waals surface area contributed by atoms with Gasteiger partial charge in [-0.3, -0.25) is 0 Å². The SMILES string of the molecule is Brc1ccc2c(ccn2Cc2ccno2)c1. The van der Waals surface area contributed by atoms with E-state index in [1.165, 1.54) is 10.9 Å². The lowest BCUT2D eigenvalue weighted by Crippen LogP contribution is -1.95. The normalized spacial score (nSPS) is 11.1. The van der Waals surface area contributed by atoms with Crippen LogP contribution >= 0.6 is 15.9 Å². The van der Waals surface area contributed by atoms with E-state index in [0.717, 1.165) is 10.2 Å². The summed E-state index contributed by atoms with van der Waals surface area (Å²) >= 11 is 3.46. The molecule has 0 radical (unpaired) electrons. The maximum atomic E-state index is 5.10. The smallest absolute Gasteiger partial charge is 0.156 e. The van der Waals surface area contributed by atoms with Crippen LogP contribution < -0.4 is 0 Å². The summed E-state index contributed by atoms with van der Waals surface area (Å²) in [6.45, 7) is 0.713. The van der Waals surface area contributed by atoms with E-state index in [1.807, 2.05) is 12.1 Å². The molecule has 0 unspecified atom stereocenters. The van der Waals surface area contributed by atoms with Gasteiger partial charge >= 0.3 is 0 Å². The maximum Gasteiger partial charge on any atom is 0.156 e. The van der Waals surface area contributed by atoms with Gasteiger partial charge in [0.15, 0.2) is 5.76 Å². The number of hydrogen-bond donors (Lipinski definition) is 0. The molecule has 0 bridgehead atoms. The highest BCUT2D eigenvalue weighted by Crippen LogP contribution is 2.21. The lowest BCUT2D eigenvalue weighted by Gasteiger charge is -2.01. The summed E-state index contributed by atoms with van der Waals surface area (Å²) in [5, 5.41) is 4.92. The van der Waals surface area contributed by atoms with Crippen LogP contribution in [0.5, 0.6) is 0 Å². The first-order chi connectivity index (χ1) is 7.83. The molecule has 1 aromatic carbocycles. The van der Waals surface area contributed by atoms with Crippen LogP contribution in [0.25, 0.3) is 10.9 Å². The highest BCUT2D eigenvalue weighted by Gasteiger charge is 2.04. The Balaban J connectivity index is 2.04. The molecule has 3 aromatic rings. The van der Waals surface area contributed by atoms with E-state index in [9.17, 15) is 0 Å². The Bertz CT molecular complexity index is 613. The van der Waals surface area contributed by atoms with Crippen LogP contribution in [-0.2, 0) is 6.54 Å². The number of nitrogens with zero attached hydrogens (tertiary/aromatic N) is 2. The fourth-order valence-electron chi connectivity index (χ4n) is 1.80. The van der Waals surface area contributed by atoms with Gasteiger partial charge in [-0.1, -0.05) is 21.1 Å². The minimum Gasteiger partial charge on any atom is -0.359 e. The van der Waals surface area contributed by atoms with Crippen molar-refractivity contribution in [1.82, 2.24) is 9.72 Å². The number of rotatable bonds is 2. The Hall–Kier alpha value is -1.55. The van der Waals surface area contributed by atoms with E-state index in [1.54, 1.807) is 6.20 Å². The second-order valence-electron chi connectivity index (χ2n) is 3.63. The fraction of sp³-hybridized carbons (Fsp3) is 0.0833. The highest BCUT2D eigenvalue weighted by molar-refractivity contribution is 9.10. The van der Waals surface area contributed by atoms with Crippen molar-refractivity contribution in [1.29, 1.82) is 0 Å². The molecule has 3 nitrogen and oxygen atoms in total. The molecule has 0 N–H and O–H groups in total. The van der Waals surface area contributed by atoms with Crippen LogP contribution in [-0.4, -0.2) is 9.72 Å². The molecule has 80 valence electrons. The summed E-state index contributed by atoms with van der Waals surface area (Å²) in [5.74, 6) is 0.861. The third-order valence-electron chi connectivity index (χ3n) is 2.55. The zero-order valence-electron chi connectivity index (χ0n) is 8.43. The number of benzene rings is 1. The summed E-state index contributed by atoms with van der Waals surface area (Å²) < 4.78 is 8.34. The average Bonchev–Trinajstić information content (AvgIpc) is 2.89. The summed E-state index contributed by atoms with van der Waals surface area (Å²) in [4.78, 5) is 0. The van der Waals surface area contributed by atoms with Gasteiger partial charge in [0, 0.05) is 27.6 Å². The molecule has 0 aliphatic heterocycles. The molecular formula is C12H9BrN2O. The quantitative estimate of drug-likeness (QED) is 0.718. The van der Waals surface area contributed by atoms with Crippen LogP contribution in [0, 0.1) is 0 Å². The molecule has 0 aliphatic rings. The van der Waals surface area contributed by atoms with Crippen LogP contribution in [0.15, 0.2) is 51.7 Å². The highest BCUT2D eigenvalue weighted by atomic mass is 79.9. The molecule has 0 aliphatic carbocycles. The first-order valence-corrected chi connectivity index (χ1v) is 5.76. The van der Waals surface area contributed by atoms with Gasteiger partial charge in [-0.25, -0.2) is 0 Å². The van der Waals surface area contributed by atoms with Gasteiger partial charge < -0.3 is 9.09 Å². The van der Waals surface area contributed by atoms with Crippen molar-refractivity contribution in [3.05, 3.63) is 53.0 Å². The minimum absolute atomic E-state index is 0.713. The molecule has 0 saturated carbocycles. The van der Waals surface area contributed by atoms with Crippen molar-refractivity contribution in [3.63, 3.8) is 0 Å². The monoisotopic (exact) mass is 276 g/mol. The van der Waals surface area contributed by atoms with Gasteiger partial charge in [0.25, 0.3) is 0 Å². The van der Waals surface area contributed by atoms with Crippen molar-refractivity contribution in [2.75, 3.05) is 0 Å². The molecule has 0 fully saturated rings. The predicted molar refractivity (Wildman–Crippen MR) is 65.2 cm³/mol. The molecule has 16 heavy (non-hydrogen) atoms. The van der Waals surface area contributed by atoms with Crippen molar-refractivity contribution in [3.8, 4) is 0 Å². The summed E-state index contributed by atoms with van der Waals surface area (Å²) in [6, 6.07) is 10.2. The van der Waals surface area contributed by atoms with Crippen LogP contribution in [0.3, 0.4) is 0 Å². The first-order valence-electron chi connectivity index (χ1n) is 4.97. The van der Waals surface area contributed by atoms with Crippen molar-refractivity contribution in [2.24, 2.45) is 0 Å². The Labute approximate surface area is 101 Å². The zero-order chi connectivity index (χ0) is 11.0. The van der Waals surface area contributed by atoms with Gasteiger partial charge in [-0.15, -0.1) is 0 Å². The standard InChI is InChI=1S/C12H9BrN2O/c13-10-1-2-12-9(7-10)4-6-15(12)8-11-3-5-14-16-11/h1-7H,8H2. The van der Waals surface area contributed by atoms with Crippen LogP contribution in [0.1, 0.15) is 5.76 Å². The Morgan fingerprint density at radius 3 is 3.00 bits per heavy atom. The minimum atomic E-state index is 0.713. The van der Waals surface area contributed by atoms with Gasteiger partial charge in [0.1, 0.15) is 0 Å². The number of fused-ring (bicyclic) bond motifs is 1. The summed E-state index contributed by atoms with van der Waals surface area (Å²) in [6.07, 6.45) is 3.72. The summed E-state index contributed by atoms with van der Waals surface area (Å²) in [5.41, 5.74) is 1.19. The Kier molecular flexibility index (Phi) is 2.29. The van der Waals surface area contributed by atoms with Gasteiger partial charge in [-0.05, 0) is 24.3 Å². The van der Waals surface area contributed by atoms with Crippen LogP contribution in [0.2, 0.25) is 0 Å². The fourth-order valence-corrected chi connectivity index (χ4v) is 2.18. The molecule has 4 heteroatoms. The average molecular weight is 277 g/mol. The third kappa shape index (κ3) is 1.65. The molecule has 3 rings (SSSR count). The molecule has 2 aromatic heterocycles. The number of halogens is 1. The second kappa shape index (κ2) is 3.79. The van der Waals surface area contributed by atoms with E-state index >= 15 is 0 Å². The van der Waals surface area contributed by atoms with Crippen molar-refractivity contribution in [2.45, 2.75) is 6.54 Å². The lowest BCUT2D eigenvalue weighted by molar-refractivity contribution is 0.378. The van der Waals surface area contributed by atoms with Crippen LogP contribution in [0.4, 0.5) is 0 Å². The van der Waals surface area contributed by atoms with Crippen molar-refractivity contribution < 1.29 is 4.52 Å².